The zero-order valence-electron chi connectivity index (χ0n) is 21.0. The molecule has 3 aromatic carbocycles. The van der Waals surface area contributed by atoms with Crippen LogP contribution in [0.4, 0.5) is 0 Å². The lowest BCUT2D eigenvalue weighted by Crippen LogP contribution is -2.25. The van der Waals surface area contributed by atoms with Crippen molar-refractivity contribution in [3.8, 4) is 23.0 Å². The molecule has 35 heavy (non-hydrogen) atoms. The van der Waals surface area contributed by atoms with E-state index in [0.717, 1.165) is 48.2 Å². The molecule has 0 unspecified atom stereocenters. The molecule has 6 nitrogen and oxygen atoms in total. The molecule has 0 bridgehead atoms. The number of benzene rings is 3. The van der Waals surface area contributed by atoms with E-state index in [2.05, 4.69) is 23.6 Å². The Kier molecular flexibility index (Phi) is 9.40. The highest BCUT2D eigenvalue weighted by Crippen LogP contribution is 2.35. The van der Waals surface area contributed by atoms with Gasteiger partial charge in [-0.2, -0.15) is 0 Å². The molecule has 0 radical (unpaired) electrons. The third-order valence-corrected chi connectivity index (χ3v) is 6.31. The van der Waals surface area contributed by atoms with Gasteiger partial charge in [0, 0.05) is 54.0 Å². The van der Waals surface area contributed by atoms with Crippen molar-refractivity contribution in [3.63, 3.8) is 0 Å². The summed E-state index contributed by atoms with van der Waals surface area (Å²) in [6, 6.07) is 16.5. The van der Waals surface area contributed by atoms with Gasteiger partial charge in [0.1, 0.15) is 23.0 Å². The Bertz CT molecular complexity index is 1030. The zero-order valence-corrected chi connectivity index (χ0v) is 21.0. The number of phenols is 4. The molecule has 0 aliphatic rings. The van der Waals surface area contributed by atoms with Crippen molar-refractivity contribution in [2.24, 2.45) is 0 Å². The summed E-state index contributed by atoms with van der Waals surface area (Å²) in [5.74, 6) is 0.735. The Morgan fingerprint density at radius 2 is 0.943 bits per heavy atom. The van der Waals surface area contributed by atoms with Crippen molar-refractivity contribution < 1.29 is 20.4 Å². The van der Waals surface area contributed by atoms with Crippen molar-refractivity contribution in [1.29, 1.82) is 0 Å². The summed E-state index contributed by atoms with van der Waals surface area (Å²) in [5.41, 5.74) is 3.65. The monoisotopic (exact) mass is 478 g/mol. The highest BCUT2D eigenvalue weighted by molar-refractivity contribution is 5.52. The molecule has 0 aliphatic carbocycles. The highest BCUT2D eigenvalue weighted by Gasteiger charge is 2.19. The molecule has 0 atom stereocenters. The van der Waals surface area contributed by atoms with E-state index < -0.39 is 0 Å². The van der Waals surface area contributed by atoms with Gasteiger partial charge in [0.2, 0.25) is 0 Å². The predicted molar refractivity (Wildman–Crippen MR) is 140 cm³/mol. The van der Waals surface area contributed by atoms with Crippen LogP contribution in [0.1, 0.15) is 54.5 Å². The number of rotatable bonds is 12. The molecule has 6 heteroatoms. The first kappa shape index (κ1) is 26.4. The summed E-state index contributed by atoms with van der Waals surface area (Å²) < 4.78 is 0. The van der Waals surface area contributed by atoms with Gasteiger partial charge in [-0.05, 0) is 51.1 Å². The maximum absolute atomic E-state index is 10.9. The second-order valence-electron chi connectivity index (χ2n) is 9.20. The maximum atomic E-state index is 10.9. The second kappa shape index (κ2) is 12.5. The lowest BCUT2D eigenvalue weighted by Gasteiger charge is -2.26. The molecule has 4 N–H and O–H groups in total. The SMILES string of the molecule is CCCN(Cc1ccccc1O)Cc1cc(CN(CCC)Cc2ccccc2O)c(O)c(C)c1O. The van der Waals surface area contributed by atoms with Crippen molar-refractivity contribution in [2.75, 3.05) is 13.1 Å². The molecule has 0 heterocycles. The Morgan fingerprint density at radius 3 is 1.31 bits per heavy atom. The Morgan fingerprint density at radius 1 is 0.571 bits per heavy atom. The molecule has 3 aromatic rings. The molecular formula is C29H38N2O4. The Balaban J connectivity index is 1.86. The van der Waals surface area contributed by atoms with Crippen LogP contribution >= 0.6 is 0 Å². The average Bonchev–Trinajstić information content (AvgIpc) is 2.84. The van der Waals surface area contributed by atoms with Crippen LogP contribution in [0.2, 0.25) is 0 Å². The van der Waals surface area contributed by atoms with E-state index >= 15 is 0 Å². The van der Waals surface area contributed by atoms with Gasteiger partial charge in [-0.1, -0.05) is 50.2 Å². The van der Waals surface area contributed by atoms with Crippen LogP contribution in [0.15, 0.2) is 54.6 Å². The number of hydrogen-bond acceptors (Lipinski definition) is 6. The van der Waals surface area contributed by atoms with Crippen LogP contribution in [0, 0.1) is 6.92 Å². The topological polar surface area (TPSA) is 87.4 Å². The maximum Gasteiger partial charge on any atom is 0.126 e. The van der Waals surface area contributed by atoms with Crippen molar-refractivity contribution in [1.82, 2.24) is 9.80 Å². The van der Waals surface area contributed by atoms with Gasteiger partial charge in [-0.15, -0.1) is 0 Å². The smallest absolute Gasteiger partial charge is 0.126 e. The molecule has 0 amide bonds. The number of phenolic OH excluding ortho intramolecular Hbond substituents is 4. The number of aromatic hydroxyl groups is 4. The van der Waals surface area contributed by atoms with Gasteiger partial charge >= 0.3 is 0 Å². The average molecular weight is 479 g/mol. The van der Waals surface area contributed by atoms with Crippen LogP contribution in [0.5, 0.6) is 23.0 Å². The molecule has 0 aliphatic heterocycles. The quantitative estimate of drug-likeness (QED) is 0.269. The molecule has 188 valence electrons. The third-order valence-electron chi connectivity index (χ3n) is 6.31. The standard InChI is InChI=1S/C29H38N2O4/c1-4-14-30(17-22-10-6-8-12-26(22)32)19-24-16-25(29(35)21(3)28(24)34)20-31(15-5-2)18-23-11-7-9-13-27(23)33/h6-13,16,32-35H,4-5,14-15,17-20H2,1-3H3. The van der Waals surface area contributed by atoms with Crippen molar-refractivity contribution >= 4 is 0 Å². The lowest BCUT2D eigenvalue weighted by molar-refractivity contribution is 0.244. The fourth-order valence-electron chi connectivity index (χ4n) is 4.50. The van der Waals surface area contributed by atoms with Crippen molar-refractivity contribution in [3.05, 3.63) is 82.4 Å². The van der Waals surface area contributed by atoms with E-state index in [1.165, 1.54) is 0 Å². The molecular weight excluding hydrogens is 440 g/mol. The molecule has 0 spiro atoms. The summed E-state index contributed by atoms with van der Waals surface area (Å²) in [6.07, 6.45) is 1.87. The minimum absolute atomic E-state index is 0.104. The molecule has 3 rings (SSSR count). The summed E-state index contributed by atoms with van der Waals surface area (Å²) in [6.45, 7) is 9.66. The Labute approximate surface area is 208 Å². The van der Waals surface area contributed by atoms with Crippen molar-refractivity contribution in [2.45, 2.75) is 59.8 Å². The van der Waals surface area contributed by atoms with Crippen LogP contribution in [0.25, 0.3) is 0 Å². The van der Waals surface area contributed by atoms with E-state index in [4.69, 9.17) is 0 Å². The third kappa shape index (κ3) is 6.90. The predicted octanol–water partition coefficient (Wildman–Crippen LogP) is 5.64. The van der Waals surface area contributed by atoms with Crippen LogP contribution < -0.4 is 0 Å². The minimum atomic E-state index is 0.104. The minimum Gasteiger partial charge on any atom is -0.508 e. The molecule has 0 saturated heterocycles. The fraction of sp³-hybridized carbons (Fsp3) is 0.379. The first-order valence-corrected chi connectivity index (χ1v) is 12.4. The lowest BCUT2D eigenvalue weighted by atomic mass is 10.0. The van der Waals surface area contributed by atoms with E-state index in [1.54, 1.807) is 19.1 Å². The van der Waals surface area contributed by atoms with Crippen LogP contribution in [-0.4, -0.2) is 43.3 Å². The van der Waals surface area contributed by atoms with Gasteiger partial charge in [0.25, 0.3) is 0 Å². The van der Waals surface area contributed by atoms with Gasteiger partial charge in [0.05, 0.1) is 0 Å². The molecule has 0 saturated carbocycles. The van der Waals surface area contributed by atoms with Gasteiger partial charge in [-0.25, -0.2) is 0 Å². The number of hydrogen-bond donors (Lipinski definition) is 4. The van der Waals surface area contributed by atoms with E-state index in [9.17, 15) is 20.4 Å². The van der Waals surface area contributed by atoms with E-state index in [-0.39, 0.29) is 23.0 Å². The van der Waals surface area contributed by atoms with Crippen LogP contribution in [-0.2, 0) is 26.2 Å². The molecule has 0 fully saturated rings. The first-order valence-electron chi connectivity index (χ1n) is 12.4. The van der Waals surface area contributed by atoms with E-state index in [1.807, 2.05) is 42.5 Å². The summed E-state index contributed by atoms with van der Waals surface area (Å²) >= 11 is 0. The van der Waals surface area contributed by atoms with E-state index in [0.29, 0.717) is 31.7 Å². The summed E-state index contributed by atoms with van der Waals surface area (Å²) in [7, 11) is 0. The first-order chi connectivity index (χ1) is 16.8. The van der Waals surface area contributed by atoms with Gasteiger partial charge in [0.15, 0.2) is 0 Å². The van der Waals surface area contributed by atoms with Gasteiger partial charge < -0.3 is 20.4 Å². The number of nitrogens with zero attached hydrogens (tertiary/aromatic N) is 2. The van der Waals surface area contributed by atoms with Crippen LogP contribution in [0.3, 0.4) is 0 Å². The fourth-order valence-corrected chi connectivity index (χ4v) is 4.50. The summed E-state index contributed by atoms with van der Waals surface area (Å²) in [5, 5.41) is 42.2. The highest BCUT2D eigenvalue weighted by atomic mass is 16.3. The zero-order chi connectivity index (χ0) is 25.4. The second-order valence-corrected chi connectivity index (χ2v) is 9.20. The largest absolute Gasteiger partial charge is 0.508 e. The Hall–Kier alpha value is -3.22. The molecule has 0 aromatic heterocycles. The van der Waals surface area contributed by atoms with Gasteiger partial charge in [-0.3, -0.25) is 9.80 Å². The summed E-state index contributed by atoms with van der Waals surface area (Å²) in [4.78, 5) is 4.38. The number of para-hydroxylation sites is 2. The normalized spacial score (nSPS) is 11.5.